The number of nitrogens with zero attached hydrogens (tertiary/aromatic N) is 3. The summed E-state index contributed by atoms with van der Waals surface area (Å²) in [6.07, 6.45) is 2.08. The van der Waals surface area contributed by atoms with Crippen LogP contribution in [0.15, 0.2) is 28.9 Å². The van der Waals surface area contributed by atoms with Gasteiger partial charge in [-0.25, -0.2) is 4.98 Å². The first-order valence-corrected chi connectivity index (χ1v) is 6.97. The van der Waals surface area contributed by atoms with E-state index in [0.29, 0.717) is 18.8 Å². The fourth-order valence-corrected chi connectivity index (χ4v) is 2.48. The molecule has 1 heterocycles. The number of rotatable bonds is 5. The minimum atomic E-state index is -0.401. The standard InChI is InChI=1S/C13H15BrN4O2/c1-17(6-2-5-15)13-10-7-9(14)3-4-11(10)16-8-12(13)18(19)20/h3-4,7-8H,2,5-6,15H2,1H3. The van der Waals surface area contributed by atoms with Gasteiger partial charge in [-0.05, 0) is 31.2 Å². The van der Waals surface area contributed by atoms with Gasteiger partial charge in [0.2, 0.25) is 0 Å². The molecule has 0 unspecified atom stereocenters. The van der Waals surface area contributed by atoms with E-state index in [9.17, 15) is 10.1 Å². The first-order valence-electron chi connectivity index (χ1n) is 6.18. The molecule has 2 N–H and O–H groups in total. The molecule has 0 aliphatic rings. The summed E-state index contributed by atoms with van der Waals surface area (Å²) >= 11 is 3.39. The summed E-state index contributed by atoms with van der Waals surface area (Å²) in [5.41, 5.74) is 6.83. The zero-order valence-corrected chi connectivity index (χ0v) is 12.6. The summed E-state index contributed by atoms with van der Waals surface area (Å²) in [6, 6.07) is 5.55. The minimum Gasteiger partial charge on any atom is -0.368 e. The molecule has 106 valence electrons. The molecule has 0 radical (unpaired) electrons. The molecule has 0 amide bonds. The highest BCUT2D eigenvalue weighted by atomic mass is 79.9. The number of anilines is 1. The van der Waals surface area contributed by atoms with Crippen LogP contribution < -0.4 is 10.6 Å². The Kier molecular flexibility index (Phi) is 4.51. The Hall–Kier alpha value is -1.73. The molecule has 2 aromatic rings. The summed E-state index contributed by atoms with van der Waals surface area (Å²) in [5, 5.41) is 12.0. The second-order valence-corrected chi connectivity index (χ2v) is 5.39. The van der Waals surface area contributed by atoms with Gasteiger partial charge >= 0.3 is 5.69 Å². The fourth-order valence-electron chi connectivity index (χ4n) is 2.12. The lowest BCUT2D eigenvalue weighted by atomic mass is 10.1. The average molecular weight is 339 g/mol. The van der Waals surface area contributed by atoms with E-state index >= 15 is 0 Å². The van der Waals surface area contributed by atoms with Crippen LogP contribution in [0.3, 0.4) is 0 Å². The van der Waals surface area contributed by atoms with Crippen LogP contribution in [0.4, 0.5) is 11.4 Å². The number of benzene rings is 1. The minimum absolute atomic E-state index is 0.00937. The molecule has 0 fully saturated rings. The van der Waals surface area contributed by atoms with Crippen molar-refractivity contribution in [3.63, 3.8) is 0 Å². The Labute approximate surface area is 124 Å². The Morgan fingerprint density at radius 1 is 1.50 bits per heavy atom. The van der Waals surface area contributed by atoms with Crippen LogP contribution in [-0.2, 0) is 0 Å². The highest BCUT2D eigenvalue weighted by Crippen LogP contribution is 2.35. The third-order valence-corrected chi connectivity index (χ3v) is 3.55. The number of hydrogen-bond donors (Lipinski definition) is 1. The first-order chi connectivity index (χ1) is 9.54. The Morgan fingerprint density at radius 2 is 2.25 bits per heavy atom. The van der Waals surface area contributed by atoms with Crippen LogP contribution in [0.25, 0.3) is 10.9 Å². The maximum atomic E-state index is 11.2. The van der Waals surface area contributed by atoms with Crippen molar-refractivity contribution < 1.29 is 4.92 Å². The summed E-state index contributed by atoms with van der Waals surface area (Å²) in [7, 11) is 1.83. The van der Waals surface area contributed by atoms with E-state index in [1.54, 1.807) is 0 Å². The number of halogens is 1. The molecule has 0 aliphatic carbocycles. The van der Waals surface area contributed by atoms with Crippen molar-refractivity contribution in [2.75, 3.05) is 25.0 Å². The van der Waals surface area contributed by atoms with E-state index in [2.05, 4.69) is 20.9 Å². The van der Waals surface area contributed by atoms with E-state index in [1.165, 1.54) is 6.20 Å². The van der Waals surface area contributed by atoms with Gasteiger partial charge in [-0.2, -0.15) is 0 Å². The van der Waals surface area contributed by atoms with Gasteiger partial charge in [0.25, 0.3) is 0 Å². The van der Waals surface area contributed by atoms with Crippen molar-refractivity contribution in [2.24, 2.45) is 5.73 Å². The van der Waals surface area contributed by atoms with Gasteiger partial charge in [0, 0.05) is 23.5 Å². The molecule has 0 bridgehead atoms. The van der Waals surface area contributed by atoms with Crippen molar-refractivity contribution in [3.05, 3.63) is 39.0 Å². The highest BCUT2D eigenvalue weighted by molar-refractivity contribution is 9.10. The molecule has 0 atom stereocenters. The van der Waals surface area contributed by atoms with E-state index in [1.807, 2.05) is 30.1 Å². The summed E-state index contributed by atoms with van der Waals surface area (Å²) in [6.45, 7) is 1.20. The van der Waals surface area contributed by atoms with Crippen LogP contribution in [0.5, 0.6) is 0 Å². The van der Waals surface area contributed by atoms with Crippen molar-refractivity contribution >= 4 is 38.2 Å². The fraction of sp³-hybridized carbons (Fsp3) is 0.308. The lowest BCUT2D eigenvalue weighted by molar-refractivity contribution is -0.384. The van der Waals surface area contributed by atoms with Crippen LogP contribution >= 0.6 is 15.9 Å². The third kappa shape index (κ3) is 2.88. The zero-order chi connectivity index (χ0) is 14.7. The topological polar surface area (TPSA) is 85.3 Å². The monoisotopic (exact) mass is 338 g/mol. The molecular formula is C13H15BrN4O2. The number of pyridine rings is 1. The van der Waals surface area contributed by atoms with E-state index < -0.39 is 4.92 Å². The molecular weight excluding hydrogens is 324 g/mol. The largest absolute Gasteiger partial charge is 0.368 e. The molecule has 1 aromatic carbocycles. The predicted molar refractivity (Wildman–Crippen MR) is 83.0 cm³/mol. The molecule has 0 saturated carbocycles. The van der Waals surface area contributed by atoms with Gasteiger partial charge in [0.1, 0.15) is 11.9 Å². The van der Waals surface area contributed by atoms with Gasteiger partial charge in [0.15, 0.2) is 0 Å². The Balaban J connectivity index is 2.64. The van der Waals surface area contributed by atoms with Crippen molar-refractivity contribution in [3.8, 4) is 0 Å². The van der Waals surface area contributed by atoms with E-state index in [0.717, 1.165) is 21.8 Å². The second kappa shape index (κ2) is 6.15. The summed E-state index contributed by atoms with van der Waals surface area (Å²) in [5.74, 6) is 0. The third-order valence-electron chi connectivity index (χ3n) is 3.06. The van der Waals surface area contributed by atoms with Crippen LogP contribution in [0.1, 0.15) is 6.42 Å². The maximum absolute atomic E-state index is 11.2. The maximum Gasteiger partial charge on any atom is 0.311 e. The molecule has 0 spiro atoms. The number of fused-ring (bicyclic) bond motifs is 1. The van der Waals surface area contributed by atoms with Crippen LogP contribution in [0, 0.1) is 10.1 Å². The number of nitro groups is 1. The Morgan fingerprint density at radius 3 is 2.90 bits per heavy atom. The van der Waals surface area contributed by atoms with Gasteiger partial charge in [-0.3, -0.25) is 10.1 Å². The number of nitrogens with two attached hydrogens (primary N) is 1. The SMILES string of the molecule is CN(CCCN)c1c([N+](=O)[O-])cnc2ccc(Br)cc12. The first kappa shape index (κ1) is 14.7. The van der Waals surface area contributed by atoms with E-state index in [4.69, 9.17) is 5.73 Å². The van der Waals surface area contributed by atoms with Crippen molar-refractivity contribution in [2.45, 2.75) is 6.42 Å². The zero-order valence-electron chi connectivity index (χ0n) is 11.0. The van der Waals surface area contributed by atoms with Crippen LogP contribution in [0.2, 0.25) is 0 Å². The predicted octanol–water partition coefficient (Wildman–Crippen LogP) is 2.69. The molecule has 7 heteroatoms. The average Bonchev–Trinajstić information content (AvgIpc) is 2.43. The molecule has 2 rings (SSSR count). The van der Waals surface area contributed by atoms with Gasteiger partial charge in [-0.15, -0.1) is 0 Å². The quantitative estimate of drug-likeness (QED) is 0.669. The normalized spacial score (nSPS) is 10.8. The summed E-state index contributed by atoms with van der Waals surface area (Å²) in [4.78, 5) is 16.8. The molecule has 1 aromatic heterocycles. The van der Waals surface area contributed by atoms with Crippen LogP contribution in [-0.4, -0.2) is 30.0 Å². The molecule has 20 heavy (non-hydrogen) atoms. The number of hydrogen-bond acceptors (Lipinski definition) is 5. The van der Waals surface area contributed by atoms with Gasteiger partial charge < -0.3 is 10.6 Å². The Bertz CT molecular complexity index is 648. The second-order valence-electron chi connectivity index (χ2n) is 4.47. The van der Waals surface area contributed by atoms with Gasteiger partial charge in [-0.1, -0.05) is 15.9 Å². The molecule has 6 nitrogen and oxygen atoms in total. The molecule has 0 aliphatic heterocycles. The van der Waals surface area contributed by atoms with Crippen molar-refractivity contribution in [1.29, 1.82) is 0 Å². The van der Waals surface area contributed by atoms with Crippen molar-refractivity contribution in [1.82, 2.24) is 4.98 Å². The van der Waals surface area contributed by atoms with E-state index in [-0.39, 0.29) is 5.69 Å². The lowest BCUT2D eigenvalue weighted by Crippen LogP contribution is -2.22. The number of aromatic nitrogens is 1. The summed E-state index contributed by atoms with van der Waals surface area (Å²) < 4.78 is 0.862. The lowest BCUT2D eigenvalue weighted by Gasteiger charge is -2.20. The highest BCUT2D eigenvalue weighted by Gasteiger charge is 2.21. The molecule has 0 saturated heterocycles. The smallest absolute Gasteiger partial charge is 0.311 e. The van der Waals surface area contributed by atoms with Gasteiger partial charge in [0.05, 0.1) is 10.4 Å².